The molecule has 2 aromatic carbocycles. The van der Waals surface area contributed by atoms with Crippen molar-refractivity contribution in [2.75, 3.05) is 0 Å². The minimum atomic E-state index is 0.228. The number of hydrogen-bond donors (Lipinski definition) is 2. The van der Waals surface area contributed by atoms with Crippen molar-refractivity contribution in [1.29, 1.82) is 0 Å². The Morgan fingerprint density at radius 3 is 1.55 bits per heavy atom. The van der Waals surface area contributed by atoms with Crippen molar-refractivity contribution in [2.45, 2.75) is 44.9 Å². The van der Waals surface area contributed by atoms with Crippen LogP contribution in [0, 0.1) is 5.41 Å². The molecule has 22 heavy (non-hydrogen) atoms. The van der Waals surface area contributed by atoms with Gasteiger partial charge < -0.3 is 10.2 Å². The molecular weight excluding hydrogens is 272 g/mol. The first-order chi connectivity index (χ1) is 10.6. The number of hydrogen-bond acceptors (Lipinski definition) is 2. The smallest absolute Gasteiger partial charge is 0.115 e. The molecule has 2 heteroatoms. The number of aromatic hydroxyl groups is 2. The molecule has 1 fully saturated rings. The molecule has 0 amide bonds. The van der Waals surface area contributed by atoms with E-state index in [1.54, 1.807) is 24.3 Å². The van der Waals surface area contributed by atoms with E-state index in [1.807, 2.05) is 24.3 Å². The molecule has 3 rings (SSSR count). The molecule has 0 bridgehead atoms. The van der Waals surface area contributed by atoms with Gasteiger partial charge in [0.2, 0.25) is 0 Å². The van der Waals surface area contributed by atoms with Gasteiger partial charge in [0.25, 0.3) is 0 Å². The highest BCUT2D eigenvalue weighted by atomic mass is 16.3. The first-order valence-electron chi connectivity index (χ1n) is 8.16. The molecule has 0 saturated heterocycles. The number of phenols is 2. The van der Waals surface area contributed by atoms with Gasteiger partial charge in [-0.1, -0.05) is 50.5 Å². The van der Waals surface area contributed by atoms with Crippen LogP contribution in [0.4, 0.5) is 0 Å². The standard InChI is InChI=1S/C20H24O2/c1-20(13-3-2-4-14-20)19(15-5-9-17(21)10-6-15)16-7-11-18(22)12-8-16/h5-12,19,21-22H,2-4,13-14H2,1H3. The number of benzene rings is 2. The van der Waals surface area contributed by atoms with E-state index in [4.69, 9.17) is 0 Å². The minimum absolute atomic E-state index is 0.228. The van der Waals surface area contributed by atoms with E-state index < -0.39 is 0 Å². The second-order valence-corrected chi connectivity index (χ2v) is 6.83. The van der Waals surface area contributed by atoms with Crippen molar-refractivity contribution in [3.8, 4) is 11.5 Å². The Hall–Kier alpha value is -1.96. The number of phenolic OH excluding ortho intramolecular Hbond substituents is 2. The van der Waals surface area contributed by atoms with E-state index in [0.717, 1.165) is 0 Å². The third-order valence-corrected chi connectivity index (χ3v) is 5.15. The molecule has 0 spiro atoms. The second kappa shape index (κ2) is 6.04. The second-order valence-electron chi connectivity index (χ2n) is 6.83. The third-order valence-electron chi connectivity index (χ3n) is 5.15. The molecule has 0 aliphatic heterocycles. The number of rotatable bonds is 3. The van der Waals surface area contributed by atoms with Gasteiger partial charge >= 0.3 is 0 Å². The predicted molar refractivity (Wildman–Crippen MR) is 89.2 cm³/mol. The van der Waals surface area contributed by atoms with Crippen molar-refractivity contribution in [2.24, 2.45) is 5.41 Å². The summed E-state index contributed by atoms with van der Waals surface area (Å²) in [6, 6.07) is 15.2. The summed E-state index contributed by atoms with van der Waals surface area (Å²) in [6.45, 7) is 2.39. The highest BCUT2D eigenvalue weighted by molar-refractivity contribution is 5.39. The molecule has 2 nitrogen and oxygen atoms in total. The summed E-state index contributed by atoms with van der Waals surface area (Å²) in [6.07, 6.45) is 6.33. The van der Waals surface area contributed by atoms with Crippen LogP contribution in [0.1, 0.15) is 56.1 Å². The van der Waals surface area contributed by atoms with Crippen LogP contribution >= 0.6 is 0 Å². The van der Waals surface area contributed by atoms with Gasteiger partial charge in [-0.05, 0) is 53.6 Å². The highest BCUT2D eigenvalue weighted by Gasteiger charge is 2.37. The average Bonchev–Trinajstić information content (AvgIpc) is 2.52. The molecule has 1 aliphatic rings. The first kappa shape index (κ1) is 15.0. The lowest BCUT2D eigenvalue weighted by atomic mass is 9.63. The van der Waals surface area contributed by atoms with E-state index in [-0.39, 0.29) is 5.41 Å². The topological polar surface area (TPSA) is 40.5 Å². The van der Waals surface area contributed by atoms with Crippen molar-refractivity contribution in [3.63, 3.8) is 0 Å². The predicted octanol–water partition coefficient (Wildman–Crippen LogP) is 5.20. The Kier molecular flexibility index (Phi) is 4.10. The van der Waals surface area contributed by atoms with Crippen molar-refractivity contribution in [3.05, 3.63) is 59.7 Å². The van der Waals surface area contributed by atoms with Crippen molar-refractivity contribution < 1.29 is 10.2 Å². The molecule has 1 aliphatic carbocycles. The van der Waals surface area contributed by atoms with Crippen LogP contribution < -0.4 is 0 Å². The van der Waals surface area contributed by atoms with E-state index in [0.29, 0.717) is 17.4 Å². The first-order valence-corrected chi connectivity index (χ1v) is 8.16. The third kappa shape index (κ3) is 2.96. The Morgan fingerprint density at radius 2 is 1.14 bits per heavy atom. The molecule has 0 atom stereocenters. The molecule has 0 radical (unpaired) electrons. The van der Waals surface area contributed by atoms with E-state index in [1.165, 1.54) is 43.2 Å². The quantitative estimate of drug-likeness (QED) is 0.817. The maximum absolute atomic E-state index is 9.59. The normalized spacial score (nSPS) is 17.5. The van der Waals surface area contributed by atoms with Gasteiger partial charge in [-0.25, -0.2) is 0 Å². The molecule has 0 aromatic heterocycles. The molecular formula is C20H24O2. The van der Waals surface area contributed by atoms with Crippen LogP contribution in [0.2, 0.25) is 0 Å². The lowest BCUT2D eigenvalue weighted by Crippen LogP contribution is -2.29. The fraction of sp³-hybridized carbons (Fsp3) is 0.400. The zero-order valence-electron chi connectivity index (χ0n) is 13.1. The molecule has 2 N–H and O–H groups in total. The van der Waals surface area contributed by atoms with Gasteiger partial charge in [0.15, 0.2) is 0 Å². The summed E-state index contributed by atoms with van der Waals surface area (Å²) in [4.78, 5) is 0. The Balaban J connectivity index is 2.05. The Labute approximate surface area is 132 Å². The molecule has 0 unspecified atom stereocenters. The maximum Gasteiger partial charge on any atom is 0.115 e. The molecule has 0 heterocycles. The molecule has 2 aromatic rings. The fourth-order valence-electron chi connectivity index (χ4n) is 3.98. The van der Waals surface area contributed by atoms with Crippen LogP contribution in [0.3, 0.4) is 0 Å². The molecule has 116 valence electrons. The van der Waals surface area contributed by atoms with Gasteiger partial charge in [-0.3, -0.25) is 0 Å². The van der Waals surface area contributed by atoms with E-state index in [2.05, 4.69) is 6.92 Å². The van der Waals surface area contributed by atoms with Crippen LogP contribution in [0.5, 0.6) is 11.5 Å². The van der Waals surface area contributed by atoms with Crippen LogP contribution in [-0.4, -0.2) is 10.2 Å². The maximum atomic E-state index is 9.59. The zero-order valence-corrected chi connectivity index (χ0v) is 13.1. The van der Waals surface area contributed by atoms with Gasteiger partial charge in [-0.15, -0.1) is 0 Å². The minimum Gasteiger partial charge on any atom is -0.508 e. The average molecular weight is 296 g/mol. The summed E-state index contributed by atoms with van der Waals surface area (Å²) in [7, 11) is 0. The van der Waals surface area contributed by atoms with Gasteiger partial charge in [0.1, 0.15) is 11.5 Å². The highest BCUT2D eigenvalue weighted by Crippen LogP contribution is 2.50. The lowest BCUT2D eigenvalue weighted by molar-refractivity contribution is 0.187. The van der Waals surface area contributed by atoms with E-state index >= 15 is 0 Å². The van der Waals surface area contributed by atoms with Crippen LogP contribution in [0.15, 0.2) is 48.5 Å². The summed E-state index contributed by atoms with van der Waals surface area (Å²) in [5, 5.41) is 19.2. The summed E-state index contributed by atoms with van der Waals surface area (Å²) in [5.41, 5.74) is 2.72. The van der Waals surface area contributed by atoms with Gasteiger partial charge in [0, 0.05) is 5.92 Å². The largest absolute Gasteiger partial charge is 0.508 e. The zero-order chi connectivity index (χ0) is 15.6. The van der Waals surface area contributed by atoms with Gasteiger partial charge in [0.05, 0.1) is 0 Å². The van der Waals surface area contributed by atoms with Crippen molar-refractivity contribution in [1.82, 2.24) is 0 Å². The SMILES string of the molecule is CC1(C(c2ccc(O)cc2)c2ccc(O)cc2)CCCCC1. The van der Waals surface area contributed by atoms with Crippen LogP contribution in [0.25, 0.3) is 0 Å². The fourth-order valence-corrected chi connectivity index (χ4v) is 3.98. The molecule has 1 saturated carbocycles. The van der Waals surface area contributed by atoms with E-state index in [9.17, 15) is 10.2 Å². The summed E-state index contributed by atoms with van der Waals surface area (Å²) in [5.74, 6) is 0.915. The summed E-state index contributed by atoms with van der Waals surface area (Å²) >= 11 is 0. The summed E-state index contributed by atoms with van der Waals surface area (Å²) < 4.78 is 0. The van der Waals surface area contributed by atoms with Crippen molar-refractivity contribution >= 4 is 0 Å². The monoisotopic (exact) mass is 296 g/mol. The van der Waals surface area contributed by atoms with Crippen LogP contribution in [-0.2, 0) is 0 Å². The Bertz CT molecular complexity index is 562. The van der Waals surface area contributed by atoms with Gasteiger partial charge in [-0.2, -0.15) is 0 Å². The lowest BCUT2D eigenvalue weighted by Gasteiger charge is -2.41. The Morgan fingerprint density at radius 1 is 0.727 bits per heavy atom.